The third-order valence-corrected chi connectivity index (χ3v) is 4.78. The van der Waals surface area contributed by atoms with Crippen molar-refractivity contribution in [2.75, 3.05) is 53.6 Å². The highest BCUT2D eigenvalue weighted by Gasteiger charge is 2.18. The number of hydrogen-bond acceptors (Lipinski definition) is 4. The first-order chi connectivity index (χ1) is 11.3. The van der Waals surface area contributed by atoms with Gasteiger partial charge < -0.3 is 25.0 Å². The molecule has 1 aliphatic carbocycles. The van der Waals surface area contributed by atoms with Crippen LogP contribution in [0.3, 0.4) is 0 Å². The molecule has 0 aromatic rings. The van der Waals surface area contributed by atoms with Crippen LogP contribution in [-0.2, 0) is 9.47 Å². The average Bonchev–Trinajstić information content (AvgIpc) is 3.26. The minimum atomic E-state index is 0. The van der Waals surface area contributed by atoms with E-state index in [0.29, 0.717) is 6.10 Å². The van der Waals surface area contributed by atoms with Crippen molar-refractivity contribution < 1.29 is 9.47 Å². The second kappa shape index (κ2) is 13.1. The van der Waals surface area contributed by atoms with Crippen molar-refractivity contribution in [3.63, 3.8) is 0 Å². The van der Waals surface area contributed by atoms with Crippen LogP contribution >= 0.6 is 24.0 Å². The second-order valence-electron chi connectivity index (χ2n) is 6.55. The molecule has 2 aliphatic rings. The van der Waals surface area contributed by atoms with Gasteiger partial charge in [0.2, 0.25) is 0 Å². The molecular formula is C17H35IN4O2. The number of rotatable bonds is 9. The molecule has 2 rings (SSSR count). The summed E-state index contributed by atoms with van der Waals surface area (Å²) in [6.07, 6.45) is 7.81. The van der Waals surface area contributed by atoms with E-state index >= 15 is 0 Å². The average molecular weight is 454 g/mol. The first-order valence-electron chi connectivity index (χ1n) is 9.13. The van der Waals surface area contributed by atoms with Crippen molar-refractivity contribution >= 4 is 29.9 Å². The van der Waals surface area contributed by atoms with Gasteiger partial charge >= 0.3 is 0 Å². The van der Waals surface area contributed by atoms with Gasteiger partial charge in [0.25, 0.3) is 0 Å². The lowest BCUT2D eigenvalue weighted by molar-refractivity contribution is 0.0420. The van der Waals surface area contributed by atoms with Crippen molar-refractivity contribution in [1.29, 1.82) is 0 Å². The lowest BCUT2D eigenvalue weighted by atomic mass is 10.2. The molecule has 2 N–H and O–H groups in total. The number of guanidine groups is 1. The number of aliphatic imine (C=N–C) groups is 1. The van der Waals surface area contributed by atoms with E-state index in [9.17, 15) is 0 Å². The number of likely N-dealkylation sites (N-methyl/N-ethyl adjacent to an activating group) is 1. The minimum absolute atomic E-state index is 0. The molecule has 1 saturated heterocycles. The van der Waals surface area contributed by atoms with Gasteiger partial charge in [0.15, 0.2) is 5.96 Å². The first-order valence-corrected chi connectivity index (χ1v) is 9.13. The fourth-order valence-corrected chi connectivity index (χ4v) is 3.27. The zero-order chi connectivity index (χ0) is 16.3. The van der Waals surface area contributed by atoms with Gasteiger partial charge in [-0.1, -0.05) is 12.8 Å². The fourth-order valence-electron chi connectivity index (χ4n) is 3.27. The van der Waals surface area contributed by atoms with Crippen LogP contribution in [0.4, 0.5) is 0 Å². The summed E-state index contributed by atoms with van der Waals surface area (Å²) < 4.78 is 11.1. The van der Waals surface area contributed by atoms with Gasteiger partial charge in [-0.05, 0) is 32.7 Å². The molecule has 24 heavy (non-hydrogen) atoms. The van der Waals surface area contributed by atoms with Crippen LogP contribution in [0.25, 0.3) is 0 Å². The number of ether oxygens (including phenoxy) is 2. The summed E-state index contributed by atoms with van der Waals surface area (Å²) in [5.74, 6) is 0.883. The van der Waals surface area contributed by atoms with Crippen molar-refractivity contribution in [3.8, 4) is 0 Å². The van der Waals surface area contributed by atoms with E-state index < -0.39 is 0 Å². The Morgan fingerprint density at radius 2 is 1.96 bits per heavy atom. The van der Waals surface area contributed by atoms with Crippen molar-refractivity contribution in [2.45, 2.75) is 50.7 Å². The Morgan fingerprint density at radius 3 is 2.62 bits per heavy atom. The molecule has 2 fully saturated rings. The van der Waals surface area contributed by atoms with Crippen LogP contribution in [0.5, 0.6) is 0 Å². The summed E-state index contributed by atoms with van der Waals surface area (Å²) in [7, 11) is 4.06. The molecule has 0 radical (unpaired) electrons. The summed E-state index contributed by atoms with van der Waals surface area (Å²) in [5, 5.41) is 6.74. The SMILES string of the molecule is CN=C(NCCCOC1CCOC1)NCCN(C)C1CCCC1.I. The summed E-state index contributed by atoms with van der Waals surface area (Å²) in [5.41, 5.74) is 0. The Labute approximate surface area is 164 Å². The van der Waals surface area contributed by atoms with Crippen LogP contribution in [-0.4, -0.2) is 76.6 Å². The van der Waals surface area contributed by atoms with E-state index in [4.69, 9.17) is 9.47 Å². The molecule has 1 saturated carbocycles. The number of nitrogens with zero attached hydrogens (tertiary/aromatic N) is 2. The maximum absolute atomic E-state index is 5.76. The molecule has 0 amide bonds. The topological polar surface area (TPSA) is 58.1 Å². The van der Waals surface area contributed by atoms with Gasteiger partial charge in [0.1, 0.15) is 0 Å². The molecule has 0 aromatic carbocycles. The van der Waals surface area contributed by atoms with Gasteiger partial charge in [-0.15, -0.1) is 24.0 Å². The minimum Gasteiger partial charge on any atom is -0.379 e. The second-order valence-corrected chi connectivity index (χ2v) is 6.55. The standard InChI is InChI=1S/C17H34N4O2.HI/c1-18-17(19-9-5-12-23-16-8-13-22-14-16)20-10-11-21(2)15-6-3-4-7-15;/h15-16H,3-14H2,1-2H3,(H2,18,19,20);1H. The molecular weight excluding hydrogens is 419 g/mol. The highest BCUT2D eigenvalue weighted by atomic mass is 127. The van der Waals surface area contributed by atoms with E-state index in [2.05, 4.69) is 27.6 Å². The number of halogens is 1. The third-order valence-electron chi connectivity index (χ3n) is 4.78. The fraction of sp³-hybridized carbons (Fsp3) is 0.941. The van der Waals surface area contributed by atoms with E-state index in [0.717, 1.165) is 64.3 Å². The molecule has 1 heterocycles. The van der Waals surface area contributed by atoms with E-state index in [-0.39, 0.29) is 24.0 Å². The van der Waals surface area contributed by atoms with Crippen molar-refractivity contribution in [3.05, 3.63) is 0 Å². The summed E-state index contributed by atoms with van der Waals surface area (Å²) in [4.78, 5) is 6.75. The molecule has 6 nitrogen and oxygen atoms in total. The third kappa shape index (κ3) is 8.31. The van der Waals surface area contributed by atoms with Gasteiger partial charge in [-0.2, -0.15) is 0 Å². The van der Waals surface area contributed by atoms with Crippen LogP contribution in [0.15, 0.2) is 4.99 Å². The Morgan fingerprint density at radius 1 is 1.21 bits per heavy atom. The Balaban J connectivity index is 0.00000288. The van der Waals surface area contributed by atoms with Crippen LogP contribution in [0, 0.1) is 0 Å². The Kier molecular flexibility index (Phi) is 12.0. The first kappa shape index (κ1) is 21.9. The molecule has 1 unspecified atom stereocenters. The van der Waals surface area contributed by atoms with Gasteiger partial charge in [0, 0.05) is 45.9 Å². The lowest BCUT2D eigenvalue weighted by Gasteiger charge is -2.24. The molecule has 0 spiro atoms. The zero-order valence-electron chi connectivity index (χ0n) is 15.3. The molecule has 1 atom stereocenters. The molecule has 0 aromatic heterocycles. The van der Waals surface area contributed by atoms with Crippen LogP contribution < -0.4 is 10.6 Å². The Bertz CT molecular complexity index is 345. The molecule has 7 heteroatoms. The predicted molar refractivity (Wildman–Crippen MR) is 109 cm³/mol. The monoisotopic (exact) mass is 454 g/mol. The lowest BCUT2D eigenvalue weighted by Crippen LogP contribution is -2.43. The summed E-state index contributed by atoms with van der Waals surface area (Å²) >= 11 is 0. The summed E-state index contributed by atoms with van der Waals surface area (Å²) in [6.45, 7) is 5.26. The van der Waals surface area contributed by atoms with Gasteiger partial charge in [-0.3, -0.25) is 4.99 Å². The molecule has 142 valence electrons. The number of nitrogens with one attached hydrogen (secondary N) is 2. The van der Waals surface area contributed by atoms with E-state index in [1.165, 1.54) is 25.7 Å². The maximum atomic E-state index is 5.76. The largest absolute Gasteiger partial charge is 0.379 e. The molecule has 0 bridgehead atoms. The van der Waals surface area contributed by atoms with Crippen LogP contribution in [0.1, 0.15) is 38.5 Å². The van der Waals surface area contributed by atoms with Crippen LogP contribution in [0.2, 0.25) is 0 Å². The maximum Gasteiger partial charge on any atom is 0.191 e. The normalized spacial score (nSPS) is 22.0. The predicted octanol–water partition coefficient (Wildman–Crippen LogP) is 1.84. The van der Waals surface area contributed by atoms with Crippen molar-refractivity contribution in [2.24, 2.45) is 4.99 Å². The smallest absolute Gasteiger partial charge is 0.191 e. The number of hydrogen-bond donors (Lipinski definition) is 2. The van der Waals surface area contributed by atoms with E-state index in [1.54, 1.807) is 0 Å². The quantitative estimate of drug-likeness (QED) is 0.241. The zero-order valence-corrected chi connectivity index (χ0v) is 17.6. The highest BCUT2D eigenvalue weighted by molar-refractivity contribution is 14.0. The van der Waals surface area contributed by atoms with Gasteiger partial charge in [-0.25, -0.2) is 0 Å². The summed E-state index contributed by atoms with van der Waals surface area (Å²) in [6, 6.07) is 0.781. The Hall–Kier alpha value is -0.120. The van der Waals surface area contributed by atoms with E-state index in [1.807, 2.05) is 7.05 Å². The van der Waals surface area contributed by atoms with Gasteiger partial charge in [0.05, 0.1) is 12.7 Å². The highest BCUT2D eigenvalue weighted by Crippen LogP contribution is 2.21. The molecule has 1 aliphatic heterocycles. The van der Waals surface area contributed by atoms with Crippen molar-refractivity contribution in [1.82, 2.24) is 15.5 Å².